The van der Waals surface area contributed by atoms with Crippen LogP contribution >= 0.6 is 35.0 Å². The molecule has 1 atom stereocenters. The zero-order chi connectivity index (χ0) is 26.1. The van der Waals surface area contributed by atoms with Crippen LogP contribution in [0.1, 0.15) is 30.5 Å². The Bertz CT molecular complexity index is 1160. The fourth-order valence-corrected chi connectivity index (χ4v) is 5.39. The van der Waals surface area contributed by atoms with E-state index in [1.54, 1.807) is 36.4 Å². The van der Waals surface area contributed by atoms with Crippen molar-refractivity contribution in [2.75, 3.05) is 5.75 Å². The highest BCUT2D eigenvalue weighted by Gasteiger charge is 2.31. The van der Waals surface area contributed by atoms with Crippen LogP contribution < -0.4 is 5.32 Å². The Balaban J connectivity index is 1.88. The predicted octanol–water partition coefficient (Wildman–Crippen LogP) is 6.53. The third-order valence-electron chi connectivity index (χ3n) is 5.53. The zero-order valence-electron chi connectivity index (χ0n) is 20.2. The van der Waals surface area contributed by atoms with Crippen molar-refractivity contribution in [1.29, 1.82) is 0 Å². The van der Waals surface area contributed by atoms with Crippen molar-refractivity contribution >= 4 is 46.8 Å². The second kappa shape index (κ2) is 13.7. The number of amides is 2. The lowest BCUT2D eigenvalue weighted by molar-refractivity contribution is -0.139. The van der Waals surface area contributed by atoms with Crippen molar-refractivity contribution < 1.29 is 14.0 Å². The molecule has 0 unspecified atom stereocenters. The van der Waals surface area contributed by atoms with Gasteiger partial charge in [-0.15, -0.1) is 11.8 Å². The average molecular weight is 548 g/mol. The molecule has 3 aromatic rings. The van der Waals surface area contributed by atoms with Crippen LogP contribution in [0.2, 0.25) is 10.0 Å². The van der Waals surface area contributed by atoms with Gasteiger partial charge in [-0.1, -0.05) is 77.8 Å². The predicted molar refractivity (Wildman–Crippen MR) is 147 cm³/mol. The van der Waals surface area contributed by atoms with Crippen LogP contribution in [0.15, 0.2) is 72.8 Å². The van der Waals surface area contributed by atoms with Gasteiger partial charge in [0.05, 0.1) is 5.75 Å². The fraction of sp³-hybridized carbons (Fsp3) is 0.286. The lowest BCUT2D eigenvalue weighted by Gasteiger charge is -2.32. The summed E-state index contributed by atoms with van der Waals surface area (Å²) in [5, 5.41) is 3.99. The van der Waals surface area contributed by atoms with E-state index < -0.39 is 11.9 Å². The van der Waals surface area contributed by atoms with Gasteiger partial charge in [-0.3, -0.25) is 9.59 Å². The third-order valence-corrected chi connectivity index (χ3v) is 7.19. The van der Waals surface area contributed by atoms with Gasteiger partial charge in [0.1, 0.15) is 11.9 Å². The van der Waals surface area contributed by atoms with Crippen molar-refractivity contribution in [3.05, 3.63) is 105 Å². The van der Waals surface area contributed by atoms with E-state index in [9.17, 15) is 14.0 Å². The third kappa shape index (κ3) is 7.99. The number of carbonyl (C=O) groups excluding carboxylic acids is 2. The maximum Gasteiger partial charge on any atom is 0.243 e. The van der Waals surface area contributed by atoms with Gasteiger partial charge in [0.25, 0.3) is 0 Å². The first-order chi connectivity index (χ1) is 17.3. The molecule has 1 N–H and O–H groups in total. The Hall–Kier alpha value is -2.54. The zero-order valence-corrected chi connectivity index (χ0v) is 22.5. The average Bonchev–Trinajstić information content (AvgIpc) is 2.84. The van der Waals surface area contributed by atoms with Crippen LogP contribution in [0.5, 0.6) is 0 Å². The van der Waals surface area contributed by atoms with Crippen molar-refractivity contribution in [3.63, 3.8) is 0 Å². The normalized spacial score (nSPS) is 11.8. The largest absolute Gasteiger partial charge is 0.352 e. The highest BCUT2D eigenvalue weighted by Crippen LogP contribution is 2.28. The van der Waals surface area contributed by atoms with Crippen LogP contribution in [0.25, 0.3) is 0 Å². The van der Waals surface area contributed by atoms with Gasteiger partial charge >= 0.3 is 0 Å². The molecule has 0 aliphatic heterocycles. The highest BCUT2D eigenvalue weighted by molar-refractivity contribution is 7.99. The van der Waals surface area contributed by atoms with Gasteiger partial charge in [-0.25, -0.2) is 4.39 Å². The highest BCUT2D eigenvalue weighted by atomic mass is 35.5. The molecule has 0 heterocycles. The Morgan fingerprint density at radius 2 is 1.58 bits per heavy atom. The van der Waals surface area contributed by atoms with Crippen molar-refractivity contribution in [3.8, 4) is 0 Å². The molecule has 0 saturated heterocycles. The van der Waals surface area contributed by atoms with Crippen molar-refractivity contribution in [2.24, 2.45) is 0 Å². The molecule has 0 aliphatic carbocycles. The van der Waals surface area contributed by atoms with Gasteiger partial charge < -0.3 is 10.2 Å². The number of rotatable bonds is 11. The molecule has 0 aromatic heterocycles. The number of carbonyl (C=O) groups is 2. The molecule has 0 spiro atoms. The van der Waals surface area contributed by atoms with Crippen molar-refractivity contribution in [2.45, 2.75) is 44.6 Å². The lowest BCUT2D eigenvalue weighted by Crippen LogP contribution is -2.52. The van der Waals surface area contributed by atoms with E-state index in [1.807, 2.05) is 44.2 Å². The molecule has 190 valence electrons. The number of thioether (sulfide) groups is 1. The Morgan fingerprint density at radius 1 is 0.944 bits per heavy atom. The number of benzene rings is 3. The SMILES string of the molecule is CC(C)NC(=O)[C@H](Cc1ccccc1)N(Cc1ccccc1F)C(=O)CSCc1c(Cl)cccc1Cl. The molecule has 3 rings (SSSR count). The summed E-state index contributed by atoms with van der Waals surface area (Å²) in [5.41, 5.74) is 2.00. The van der Waals surface area contributed by atoms with Gasteiger partial charge in [0, 0.05) is 40.4 Å². The number of hydrogen-bond donors (Lipinski definition) is 1. The minimum Gasteiger partial charge on any atom is -0.352 e. The van der Waals surface area contributed by atoms with Crippen molar-refractivity contribution in [1.82, 2.24) is 10.2 Å². The molecule has 0 fully saturated rings. The fourth-order valence-electron chi connectivity index (χ4n) is 3.74. The minimum atomic E-state index is -0.814. The first kappa shape index (κ1) is 28.0. The molecule has 2 amide bonds. The van der Waals surface area contributed by atoms with E-state index >= 15 is 0 Å². The van der Waals surface area contributed by atoms with Gasteiger partial charge in [0.2, 0.25) is 11.8 Å². The molecule has 0 aliphatic rings. The van der Waals surface area contributed by atoms with E-state index in [0.717, 1.165) is 11.1 Å². The van der Waals surface area contributed by atoms with E-state index in [1.165, 1.54) is 22.7 Å². The summed E-state index contributed by atoms with van der Waals surface area (Å²) in [6.45, 7) is 3.70. The summed E-state index contributed by atoms with van der Waals surface area (Å²) < 4.78 is 14.6. The van der Waals surface area contributed by atoms with E-state index in [2.05, 4.69) is 5.32 Å². The summed E-state index contributed by atoms with van der Waals surface area (Å²) >= 11 is 13.9. The molecule has 3 aromatic carbocycles. The molecule has 36 heavy (non-hydrogen) atoms. The second-order valence-corrected chi connectivity index (χ2v) is 10.5. The second-order valence-electron chi connectivity index (χ2n) is 8.67. The molecule has 0 bridgehead atoms. The van der Waals surface area contributed by atoms with E-state index in [4.69, 9.17) is 23.2 Å². The lowest BCUT2D eigenvalue weighted by atomic mass is 10.0. The number of nitrogens with one attached hydrogen (secondary N) is 1. The summed E-state index contributed by atoms with van der Waals surface area (Å²) in [5.74, 6) is -0.465. The number of nitrogens with zero attached hydrogens (tertiary/aromatic N) is 1. The maximum atomic E-state index is 14.6. The summed E-state index contributed by atoms with van der Waals surface area (Å²) in [4.78, 5) is 28.4. The molecule has 4 nitrogen and oxygen atoms in total. The monoisotopic (exact) mass is 546 g/mol. The molecular weight excluding hydrogens is 518 g/mol. The Labute approximate surface area is 226 Å². The van der Waals surface area contributed by atoms with Crippen LogP contribution in [0.3, 0.4) is 0 Å². The van der Waals surface area contributed by atoms with Gasteiger partial charge in [-0.05, 0) is 43.2 Å². The minimum absolute atomic E-state index is 0.0259. The van der Waals surface area contributed by atoms with Gasteiger partial charge in [-0.2, -0.15) is 0 Å². The summed E-state index contributed by atoms with van der Waals surface area (Å²) in [7, 11) is 0. The van der Waals surface area contributed by atoms with Crippen LogP contribution in [0, 0.1) is 5.82 Å². The topological polar surface area (TPSA) is 49.4 Å². The summed E-state index contributed by atoms with van der Waals surface area (Å²) in [6, 6.07) is 20.1. The first-order valence-electron chi connectivity index (χ1n) is 11.6. The summed E-state index contributed by atoms with van der Waals surface area (Å²) in [6.07, 6.45) is 0.306. The molecule has 0 radical (unpaired) electrons. The van der Waals surface area contributed by atoms with Crippen LogP contribution in [-0.2, 0) is 28.3 Å². The quantitative estimate of drug-likeness (QED) is 0.297. The maximum absolute atomic E-state index is 14.6. The van der Waals surface area contributed by atoms with Crippen LogP contribution in [0.4, 0.5) is 4.39 Å². The molecule has 8 heteroatoms. The Morgan fingerprint density at radius 3 is 2.22 bits per heavy atom. The Kier molecular flexibility index (Phi) is 10.7. The standard InChI is InChI=1S/C28H29Cl2FN2O2S/c1-19(2)32-28(35)26(15-20-9-4-3-5-10-20)33(16-21-11-6-7-14-25(21)31)27(34)18-36-17-22-23(29)12-8-13-24(22)30/h3-14,19,26H,15-18H2,1-2H3,(H,32,35)/t26-/m0/s1. The van der Waals surface area contributed by atoms with Gasteiger partial charge in [0.15, 0.2) is 0 Å². The number of halogens is 3. The van der Waals surface area contributed by atoms with E-state index in [0.29, 0.717) is 27.8 Å². The molecule has 0 saturated carbocycles. The van der Waals surface area contributed by atoms with E-state index in [-0.39, 0.29) is 30.2 Å². The smallest absolute Gasteiger partial charge is 0.243 e. The number of hydrogen-bond acceptors (Lipinski definition) is 3. The molecular formula is C28H29Cl2FN2O2S. The van der Waals surface area contributed by atoms with Crippen LogP contribution in [-0.4, -0.2) is 34.6 Å². The first-order valence-corrected chi connectivity index (χ1v) is 13.5.